The summed E-state index contributed by atoms with van der Waals surface area (Å²) >= 11 is 0. The molecule has 2 aromatic carbocycles. The number of hydrogen-bond acceptors (Lipinski definition) is 3. The summed E-state index contributed by atoms with van der Waals surface area (Å²) in [6.45, 7) is 6.82. The minimum Gasteiger partial charge on any atom is -0.361 e. The number of piperidine rings is 1. The molecule has 5 heteroatoms. The number of likely N-dealkylation sites (tertiary alicyclic amines) is 1. The maximum absolute atomic E-state index is 13.1. The van der Waals surface area contributed by atoms with Crippen LogP contribution < -0.4 is 0 Å². The summed E-state index contributed by atoms with van der Waals surface area (Å²) in [5.41, 5.74) is 2.62. The average Bonchev–Trinajstić information content (AvgIpc) is 3.18. The lowest BCUT2D eigenvalue weighted by Gasteiger charge is -2.33. The number of sulfone groups is 1. The molecule has 0 bridgehead atoms. The molecule has 1 atom stereocenters. The first-order valence-corrected chi connectivity index (χ1v) is 12.4. The molecule has 0 aliphatic carbocycles. The number of nitrogens with zero attached hydrogens (tertiary/aromatic N) is 1. The minimum absolute atomic E-state index is 0.423. The van der Waals surface area contributed by atoms with Crippen LogP contribution in [0.5, 0.6) is 0 Å². The molecule has 1 aromatic heterocycles. The van der Waals surface area contributed by atoms with E-state index in [0.717, 1.165) is 26.1 Å². The van der Waals surface area contributed by atoms with Gasteiger partial charge in [0, 0.05) is 23.6 Å². The van der Waals surface area contributed by atoms with Gasteiger partial charge in [-0.1, -0.05) is 36.4 Å². The molecule has 1 N–H and O–H groups in total. The molecule has 1 fully saturated rings. The Morgan fingerprint density at radius 1 is 1.07 bits per heavy atom. The summed E-state index contributed by atoms with van der Waals surface area (Å²) in [6, 6.07) is 17.4. The van der Waals surface area contributed by atoms with Gasteiger partial charge in [0.05, 0.1) is 9.64 Å². The molecule has 1 unspecified atom stereocenters. The zero-order chi connectivity index (χ0) is 21.2. The fourth-order valence-electron chi connectivity index (χ4n) is 4.73. The van der Waals surface area contributed by atoms with E-state index in [-0.39, 0.29) is 0 Å². The molecule has 3 aromatic rings. The summed E-state index contributed by atoms with van der Waals surface area (Å²) in [5, 5.41) is 1.33. The van der Waals surface area contributed by atoms with Crippen LogP contribution in [-0.4, -0.2) is 42.7 Å². The fourth-order valence-corrected chi connectivity index (χ4v) is 6.29. The van der Waals surface area contributed by atoms with E-state index in [2.05, 4.69) is 40.3 Å². The van der Waals surface area contributed by atoms with Crippen molar-refractivity contribution in [1.82, 2.24) is 9.88 Å². The van der Waals surface area contributed by atoms with Crippen molar-refractivity contribution >= 4 is 20.7 Å². The quantitative estimate of drug-likeness (QED) is 0.554. The standard InChI is InChI=1S/C25H32N2O2S/c1-25(2,30(28,29)21-11-4-3-5-12-21)15-9-17-27-16-8-10-20(19-27)23-18-26-24-14-7-6-13-22(23)24/h3-7,11-14,18,20,26H,8-10,15-17,19H2,1-2H3. The molecular weight excluding hydrogens is 392 g/mol. The zero-order valence-corrected chi connectivity index (χ0v) is 18.8. The van der Waals surface area contributed by atoms with Crippen LogP contribution in [0.15, 0.2) is 65.7 Å². The van der Waals surface area contributed by atoms with Crippen LogP contribution in [0.25, 0.3) is 10.9 Å². The van der Waals surface area contributed by atoms with Crippen molar-refractivity contribution < 1.29 is 8.42 Å². The Hall–Kier alpha value is -2.11. The van der Waals surface area contributed by atoms with Crippen LogP contribution in [0.4, 0.5) is 0 Å². The van der Waals surface area contributed by atoms with Gasteiger partial charge in [0.2, 0.25) is 0 Å². The highest BCUT2D eigenvalue weighted by molar-refractivity contribution is 7.92. The van der Waals surface area contributed by atoms with Gasteiger partial charge in [-0.15, -0.1) is 0 Å². The summed E-state index contributed by atoms with van der Waals surface area (Å²) in [4.78, 5) is 6.35. The maximum atomic E-state index is 13.1. The molecular formula is C25H32N2O2S. The van der Waals surface area contributed by atoms with Gasteiger partial charge >= 0.3 is 0 Å². The van der Waals surface area contributed by atoms with Crippen molar-refractivity contribution in [3.63, 3.8) is 0 Å². The van der Waals surface area contributed by atoms with Crippen molar-refractivity contribution in [3.05, 3.63) is 66.4 Å². The normalized spacial score (nSPS) is 18.7. The molecule has 160 valence electrons. The molecule has 0 spiro atoms. The first-order chi connectivity index (χ1) is 14.4. The largest absolute Gasteiger partial charge is 0.361 e. The van der Waals surface area contributed by atoms with Crippen LogP contribution in [-0.2, 0) is 9.84 Å². The average molecular weight is 425 g/mol. The topological polar surface area (TPSA) is 53.2 Å². The molecule has 1 aliphatic rings. The SMILES string of the molecule is CC(C)(CCCN1CCCC(c2c[nH]c3ccccc23)C1)S(=O)(=O)c1ccccc1. The van der Waals surface area contributed by atoms with Gasteiger partial charge in [0.15, 0.2) is 9.84 Å². The number of nitrogens with one attached hydrogen (secondary N) is 1. The van der Waals surface area contributed by atoms with Gasteiger partial charge in [-0.05, 0) is 82.3 Å². The highest BCUT2D eigenvalue weighted by Gasteiger charge is 2.35. The predicted molar refractivity (Wildman–Crippen MR) is 124 cm³/mol. The number of hydrogen-bond donors (Lipinski definition) is 1. The fraction of sp³-hybridized carbons (Fsp3) is 0.440. The lowest BCUT2D eigenvalue weighted by Crippen LogP contribution is -2.37. The molecule has 2 heterocycles. The van der Waals surface area contributed by atoms with Gasteiger partial charge < -0.3 is 9.88 Å². The van der Waals surface area contributed by atoms with Crippen molar-refractivity contribution in [2.24, 2.45) is 0 Å². The number of benzene rings is 2. The molecule has 1 aliphatic heterocycles. The number of rotatable bonds is 7. The van der Waals surface area contributed by atoms with E-state index in [9.17, 15) is 8.42 Å². The van der Waals surface area contributed by atoms with E-state index in [0.29, 0.717) is 17.2 Å². The smallest absolute Gasteiger partial charge is 0.183 e. The van der Waals surface area contributed by atoms with Gasteiger partial charge in [0.1, 0.15) is 0 Å². The third-order valence-electron chi connectivity index (χ3n) is 6.60. The van der Waals surface area contributed by atoms with Crippen LogP contribution in [0, 0.1) is 0 Å². The first-order valence-electron chi connectivity index (χ1n) is 11.0. The third-order valence-corrected chi connectivity index (χ3v) is 9.15. The van der Waals surface area contributed by atoms with E-state index in [4.69, 9.17) is 0 Å². The van der Waals surface area contributed by atoms with E-state index in [1.165, 1.54) is 29.3 Å². The second-order valence-electron chi connectivity index (χ2n) is 9.11. The summed E-state index contributed by atoms with van der Waals surface area (Å²) in [7, 11) is -3.33. The molecule has 0 amide bonds. The van der Waals surface area contributed by atoms with Gasteiger partial charge in [0.25, 0.3) is 0 Å². The molecule has 0 radical (unpaired) electrons. The summed E-state index contributed by atoms with van der Waals surface area (Å²) in [5.74, 6) is 0.538. The predicted octanol–water partition coefficient (Wildman–Crippen LogP) is 5.38. The molecule has 0 saturated carbocycles. The first kappa shape index (κ1) is 21.1. The summed E-state index contributed by atoms with van der Waals surface area (Å²) in [6.07, 6.45) is 6.13. The van der Waals surface area contributed by atoms with Crippen LogP contribution >= 0.6 is 0 Å². The number of fused-ring (bicyclic) bond motifs is 1. The number of para-hydroxylation sites is 1. The highest BCUT2D eigenvalue weighted by Crippen LogP contribution is 2.33. The molecule has 1 saturated heterocycles. The van der Waals surface area contributed by atoms with E-state index in [1.807, 2.05) is 19.9 Å². The lowest BCUT2D eigenvalue weighted by atomic mass is 9.90. The Bertz CT molecular complexity index is 1090. The molecule has 30 heavy (non-hydrogen) atoms. The molecule has 4 rings (SSSR count). The Kier molecular flexibility index (Phi) is 6.03. The Morgan fingerprint density at radius 2 is 1.80 bits per heavy atom. The second-order valence-corrected chi connectivity index (χ2v) is 11.7. The van der Waals surface area contributed by atoms with E-state index >= 15 is 0 Å². The van der Waals surface area contributed by atoms with Gasteiger partial charge in [-0.25, -0.2) is 8.42 Å². The number of aromatic nitrogens is 1. The van der Waals surface area contributed by atoms with Gasteiger partial charge in [-0.2, -0.15) is 0 Å². The zero-order valence-electron chi connectivity index (χ0n) is 18.0. The number of aromatic amines is 1. The van der Waals surface area contributed by atoms with Crippen molar-refractivity contribution in [2.45, 2.75) is 55.1 Å². The minimum atomic E-state index is -3.33. The Balaban J connectivity index is 1.37. The van der Waals surface area contributed by atoms with Gasteiger partial charge in [-0.3, -0.25) is 0 Å². The number of H-pyrrole nitrogens is 1. The Morgan fingerprint density at radius 3 is 2.60 bits per heavy atom. The third kappa shape index (κ3) is 4.19. The Labute approximate surface area is 180 Å². The highest BCUT2D eigenvalue weighted by atomic mass is 32.2. The van der Waals surface area contributed by atoms with Crippen LogP contribution in [0.2, 0.25) is 0 Å². The monoisotopic (exact) mass is 424 g/mol. The van der Waals surface area contributed by atoms with Crippen molar-refractivity contribution in [1.29, 1.82) is 0 Å². The van der Waals surface area contributed by atoms with Crippen LogP contribution in [0.3, 0.4) is 0 Å². The second kappa shape index (κ2) is 8.56. The van der Waals surface area contributed by atoms with E-state index < -0.39 is 14.6 Å². The summed E-state index contributed by atoms with van der Waals surface area (Å²) < 4.78 is 25.3. The van der Waals surface area contributed by atoms with Crippen molar-refractivity contribution in [3.8, 4) is 0 Å². The van der Waals surface area contributed by atoms with Crippen LogP contribution in [0.1, 0.15) is 51.0 Å². The molecule has 4 nitrogen and oxygen atoms in total. The van der Waals surface area contributed by atoms with Crippen molar-refractivity contribution in [2.75, 3.05) is 19.6 Å². The lowest BCUT2D eigenvalue weighted by molar-refractivity contribution is 0.203. The maximum Gasteiger partial charge on any atom is 0.183 e. The van der Waals surface area contributed by atoms with E-state index in [1.54, 1.807) is 24.3 Å².